The van der Waals surface area contributed by atoms with Crippen molar-refractivity contribution in [2.75, 3.05) is 0 Å². The summed E-state index contributed by atoms with van der Waals surface area (Å²) in [6.07, 6.45) is 0. The van der Waals surface area contributed by atoms with Crippen LogP contribution < -0.4 is 0 Å². The summed E-state index contributed by atoms with van der Waals surface area (Å²) in [5.41, 5.74) is 0. The van der Waals surface area contributed by atoms with Crippen molar-refractivity contribution in [3.63, 3.8) is 0 Å². The van der Waals surface area contributed by atoms with Crippen molar-refractivity contribution in [1.82, 2.24) is 0 Å². The molecule has 0 aromatic rings. The Hall–Kier alpha value is 105. The predicted octanol–water partition coefficient (Wildman–Crippen LogP) is 128. The molecule has 0 aliphatic heterocycles. The van der Waals surface area contributed by atoms with Crippen LogP contribution in [0.4, 0.5) is 0 Å². The van der Waals surface area contributed by atoms with Crippen LogP contribution in [0, 0.1) is 0 Å². The van der Waals surface area contributed by atoms with Gasteiger partial charge < -0.3 is 0 Å². The van der Waals surface area contributed by atoms with Crippen molar-refractivity contribution >= 4 is 1920 Å². The van der Waals surface area contributed by atoms with E-state index in [1.807, 2.05) is 0 Å². The summed E-state index contributed by atoms with van der Waals surface area (Å²) >= 11 is 251. The molecular formula is I144. The van der Waals surface area contributed by atoms with Gasteiger partial charge in [0.25, 0.3) is 0 Å². The minimum absolute atomic E-state index is 0.499. The first-order valence-corrected chi connectivity index (χ1v) is 919. The molecule has 0 amide bonds. The van der Waals surface area contributed by atoms with Crippen molar-refractivity contribution < 1.29 is 0 Å². The molecule has 0 fully saturated rings. The maximum absolute atomic E-state index is 3.51. The summed E-state index contributed by atoms with van der Waals surface area (Å²) < 4.78 is 0. The summed E-state index contributed by atoms with van der Waals surface area (Å²) in [5.74, 6) is 0. The Labute approximate surface area is 1800 Å². The average molecular weight is 18300 g/mol. The van der Waals surface area contributed by atoms with Gasteiger partial charge in [0, 0.05) is 0 Å². The van der Waals surface area contributed by atoms with Crippen LogP contribution in [-0.4, -0.2) is 0 Å². The van der Waals surface area contributed by atoms with Gasteiger partial charge in [0.2, 0.25) is 0 Å². The van der Waals surface area contributed by atoms with Gasteiger partial charge in [0.1, 0.15) is 0 Å². The van der Waals surface area contributed by atoms with Crippen LogP contribution in [0.3, 0.4) is 0 Å². The molecule has 0 aromatic heterocycles. The molecular weight excluding hydrogens is 18300 g/mol. The molecule has 0 aliphatic rings. The van der Waals surface area contributed by atoms with Crippen LogP contribution in [-0.2, 0) is 0 Å². The van der Waals surface area contributed by atoms with Gasteiger partial charge in [-0.2, -0.15) is 0 Å². The Bertz CT molecular complexity index is 2810. The van der Waals surface area contributed by atoms with Gasteiger partial charge in [-0.15, -0.1) is 0 Å². The number of halogens is 144. The van der Waals surface area contributed by atoms with Crippen LogP contribution in [0.2, 0.25) is 0 Å². The Balaban J connectivity index is 6.01. The fraction of sp³-hybridized carbons (Fsp3) is 0. The van der Waals surface area contributed by atoms with Gasteiger partial charge in [-0.05, 0) is 0 Å². The zero-order valence-electron chi connectivity index (χ0n) is 54.4. The molecule has 0 radical (unpaired) electrons. The average Bonchev–Trinajstić information content (AvgIpc) is 0.811. The van der Waals surface area contributed by atoms with Gasteiger partial charge in [0.05, 0.1) is 0 Å². The van der Waals surface area contributed by atoms with Crippen molar-refractivity contribution in [2.45, 2.75) is 0 Å². The number of hydrogen-bond acceptors (Lipinski definition) is 0. The van der Waals surface area contributed by atoms with E-state index in [0.29, 0.717) is 0 Å². The quantitative estimate of drug-likeness (QED) is 0.0533. The maximum atomic E-state index is 3.51. The Kier molecular flexibility index (Phi) is 259. The SMILES string of the molecule is II(I)I(I)I(I)I(I)I(I)I(I)I(I)I(I)I(I)I(I)I(I)I(I)I(I)I(I)I(I)I(I)I(I)I(I)I(I)I(I)I(I)I(I)I(I)I(I)I(I)I(I)I(I)I(I)I(I)I(I)I(I)I(I)I(I)I(I)I(I)I(I)I(I)I(I)I(I)I(I)I(I)I(I)I(I)I(I)I(I)I(I)I(I)I(I)I(I)I(I)I(I)I(I)I(I)I(I)I(I)I(I)I(I)I(I)I(I)I(I)I(I)I(I)I(I)I(I)I(I)I(I)I(I)I(I)I(I)I(I)I(I)I. The van der Waals surface area contributed by atoms with Crippen LogP contribution >= 0.6 is 1920 Å². The Morgan fingerprint density at radius 2 is 0.0556 bits per heavy atom. The summed E-state index contributed by atoms with van der Waals surface area (Å²) in [6, 6.07) is 0. The monoisotopic (exact) mass is 18300 g/mol. The first kappa shape index (κ1) is 249. The second kappa shape index (κ2) is 150. The van der Waals surface area contributed by atoms with Crippen molar-refractivity contribution in [1.29, 1.82) is 0 Å². The van der Waals surface area contributed by atoms with E-state index in [1.165, 1.54) is 0 Å². The topological polar surface area (TPSA) is 0 Å². The van der Waals surface area contributed by atoms with Gasteiger partial charge in [0.15, 0.2) is 0 Å². The third-order valence-corrected chi connectivity index (χ3v) is 11600. The molecule has 0 N–H and O–H groups in total. The van der Waals surface area contributed by atoms with Crippen molar-refractivity contribution in [3.8, 4) is 0 Å². The second-order valence-electron chi connectivity index (χ2n) is 11.5. The molecule has 0 rings (SSSR count). The van der Waals surface area contributed by atoms with Gasteiger partial charge in [-0.25, -0.2) is 0 Å². The molecule has 144 heteroatoms. The number of rotatable bonds is 70. The Morgan fingerprint density at radius 3 is 0.0764 bits per heavy atom. The molecule has 0 atom stereocenters. The van der Waals surface area contributed by atoms with E-state index in [2.05, 4.69) is 1360 Å². The third-order valence-electron chi connectivity index (χ3n) is 5.71. The first-order chi connectivity index (χ1) is 65.5. The minimum atomic E-state index is -0.690. The van der Waals surface area contributed by atoms with E-state index in [0.717, 1.165) is 0 Å². The number of hydrogen-bond donors (Lipinski definition) is 0. The Morgan fingerprint density at radius 1 is 0.0347 bits per heavy atom. The van der Waals surface area contributed by atoms with E-state index in [-0.39, 0.29) is 0 Å². The zero-order chi connectivity index (χ0) is 114. The standard InChI is InChI=1S/I144/c1-74(2)76(5)78(7)80(9)82(11)84(13)86(15)88(17)90(19)92(21)94(23)96(25)98(27)100(29)102(31)104(33)106(35)108(37)110(39)112(41)114(43)116(45)118(47)120(49)122(51)124(53)126(55)128(57)130(59)132(61)134(63)136(65)138(67)140(69)142(71)144(73)143(72)141(70)139(68)137(66)135(64)133(62)131(60)129(58)127(56)125(54)123(52)121(50)119(48)117(46)115(44)113(42)111(40)109(38)107(36)105(34)103(32)101(30)99(28)97(26)95(24)93(22)91(20)89(18)87(16)85(14)83(12)81(10)79(8)77(6)75(3)4. The molecule has 0 spiro atoms. The molecule has 0 aromatic carbocycles. The summed E-state index contributed by atoms with van der Waals surface area (Å²) in [6.45, 7) is 0. The van der Waals surface area contributed by atoms with Gasteiger partial charge >= 0.3 is 1920 Å². The van der Waals surface area contributed by atoms with E-state index in [1.54, 1.807) is 0 Å². The molecule has 0 saturated heterocycles. The molecule has 0 heterocycles. The van der Waals surface area contributed by atoms with Crippen molar-refractivity contribution in [2.24, 2.45) is 0 Å². The first-order valence-electron chi connectivity index (χ1n) is 20.4. The van der Waals surface area contributed by atoms with Gasteiger partial charge in [-0.1, -0.05) is 0 Å². The summed E-state index contributed by atoms with van der Waals surface area (Å²) in [4.78, 5) is 0. The van der Waals surface area contributed by atoms with Crippen LogP contribution in [0.5, 0.6) is 0 Å². The van der Waals surface area contributed by atoms with E-state index >= 15 is 0 Å². The molecule has 144 heavy (non-hydrogen) atoms. The van der Waals surface area contributed by atoms with E-state index < -0.39 is 560 Å². The molecule has 1008 valence electrons. The molecule has 0 saturated carbocycles. The molecule has 0 bridgehead atoms. The van der Waals surface area contributed by atoms with E-state index in [4.69, 9.17) is 0 Å². The van der Waals surface area contributed by atoms with Crippen molar-refractivity contribution in [3.05, 3.63) is 0 Å². The van der Waals surface area contributed by atoms with Gasteiger partial charge in [-0.3, -0.25) is 0 Å². The summed E-state index contributed by atoms with van der Waals surface area (Å²) in [7, 11) is -45.8. The van der Waals surface area contributed by atoms with Crippen LogP contribution in [0.1, 0.15) is 0 Å². The molecule has 0 unspecified atom stereocenters. The third kappa shape index (κ3) is 101. The van der Waals surface area contributed by atoms with Crippen LogP contribution in [0.15, 0.2) is 0 Å². The fourth-order valence-corrected chi connectivity index (χ4v) is 28900. The zero-order valence-corrected chi connectivity index (χ0v) is 365. The van der Waals surface area contributed by atoms with E-state index in [9.17, 15) is 0 Å². The fourth-order valence-electron chi connectivity index (χ4n) is 2.13. The van der Waals surface area contributed by atoms with Crippen LogP contribution in [0.25, 0.3) is 0 Å². The second-order valence-corrected chi connectivity index (χ2v) is 3470. The predicted molar refractivity (Wildman–Crippen MR) is 2020 cm³/mol. The molecule has 0 aliphatic carbocycles. The molecule has 0 nitrogen and oxygen atoms in total. The normalized spacial score (nSPS) is 19.3. The summed E-state index contributed by atoms with van der Waals surface area (Å²) in [5, 5.41) is 0.